The topological polar surface area (TPSA) is 26.0 Å². The summed E-state index contributed by atoms with van der Waals surface area (Å²) >= 11 is 5.27. The van der Waals surface area contributed by atoms with Crippen molar-refractivity contribution in [2.75, 3.05) is 11.5 Å². The van der Waals surface area contributed by atoms with Gasteiger partial charge in [0.1, 0.15) is 0 Å². The summed E-state index contributed by atoms with van der Waals surface area (Å²) in [4.78, 5) is 1.20. The lowest BCUT2D eigenvalue weighted by atomic mass is 10.2. The van der Waals surface area contributed by atoms with E-state index in [2.05, 4.69) is 28.9 Å². The van der Waals surface area contributed by atoms with Crippen molar-refractivity contribution in [1.29, 1.82) is 0 Å². The molecule has 0 heterocycles. The Morgan fingerprint density at radius 1 is 1.27 bits per heavy atom. The van der Waals surface area contributed by atoms with Crippen LogP contribution in [0.15, 0.2) is 27.6 Å². The van der Waals surface area contributed by atoms with E-state index in [-0.39, 0.29) is 0 Å². The normalized spacial score (nSPS) is 10.5. The fourth-order valence-electron chi connectivity index (χ4n) is 1.36. The number of nitrogen functional groups attached to an aromatic ring is 1. The minimum absolute atomic E-state index is 0.880. The molecule has 0 fully saturated rings. The van der Waals surface area contributed by atoms with Crippen LogP contribution in [0.5, 0.6) is 0 Å². The van der Waals surface area contributed by atoms with Crippen molar-refractivity contribution in [3.8, 4) is 0 Å². The Balaban J connectivity index is 2.31. The number of hydrogen-bond acceptors (Lipinski definition) is 2. The van der Waals surface area contributed by atoms with Crippen molar-refractivity contribution < 1.29 is 0 Å². The first-order valence-corrected chi connectivity index (χ1v) is 7.19. The van der Waals surface area contributed by atoms with Gasteiger partial charge in [-0.2, -0.15) is 0 Å². The Bertz CT molecular complexity index is 302. The second-order valence-electron chi connectivity index (χ2n) is 3.59. The van der Waals surface area contributed by atoms with Crippen molar-refractivity contribution >= 4 is 33.4 Å². The molecule has 0 aliphatic rings. The maximum absolute atomic E-state index is 5.91. The van der Waals surface area contributed by atoms with Crippen LogP contribution in [0, 0.1) is 0 Å². The molecular formula is C12H18BrNS. The predicted octanol–water partition coefficient (Wildman–Crippen LogP) is 4.70. The highest BCUT2D eigenvalue weighted by molar-refractivity contribution is 9.10. The molecule has 0 radical (unpaired) electrons. The molecule has 2 N–H and O–H groups in total. The maximum Gasteiger partial charge on any atom is 0.0463 e. The van der Waals surface area contributed by atoms with E-state index in [4.69, 9.17) is 5.73 Å². The van der Waals surface area contributed by atoms with Crippen LogP contribution in [0.1, 0.15) is 32.6 Å². The Morgan fingerprint density at radius 3 is 2.73 bits per heavy atom. The first kappa shape index (κ1) is 12.9. The Labute approximate surface area is 105 Å². The summed E-state index contributed by atoms with van der Waals surface area (Å²) in [6.07, 6.45) is 5.26. The lowest BCUT2D eigenvalue weighted by Gasteiger charge is -2.05. The molecule has 0 unspecified atom stereocenters. The third kappa shape index (κ3) is 4.94. The third-order valence-electron chi connectivity index (χ3n) is 2.23. The van der Waals surface area contributed by atoms with E-state index in [9.17, 15) is 0 Å². The van der Waals surface area contributed by atoms with Crippen LogP contribution in [0.25, 0.3) is 0 Å². The fourth-order valence-corrected chi connectivity index (χ4v) is 2.70. The van der Waals surface area contributed by atoms with Gasteiger partial charge in [0.15, 0.2) is 0 Å². The van der Waals surface area contributed by atoms with Gasteiger partial charge in [0.25, 0.3) is 0 Å². The number of benzene rings is 1. The molecule has 3 heteroatoms. The molecule has 1 aromatic rings. The molecule has 0 saturated carbocycles. The van der Waals surface area contributed by atoms with Crippen molar-refractivity contribution in [2.45, 2.75) is 37.5 Å². The van der Waals surface area contributed by atoms with Crippen LogP contribution in [-0.4, -0.2) is 5.75 Å². The van der Waals surface area contributed by atoms with Gasteiger partial charge in [0.05, 0.1) is 0 Å². The molecule has 1 nitrogen and oxygen atoms in total. The molecule has 84 valence electrons. The summed E-state index contributed by atoms with van der Waals surface area (Å²) in [6, 6.07) is 6.10. The van der Waals surface area contributed by atoms with Gasteiger partial charge in [0, 0.05) is 15.1 Å². The number of nitrogens with two attached hydrogens (primary N) is 1. The highest BCUT2D eigenvalue weighted by Gasteiger charge is 2.00. The van der Waals surface area contributed by atoms with Gasteiger partial charge in [-0.05, 0) is 30.4 Å². The van der Waals surface area contributed by atoms with E-state index >= 15 is 0 Å². The number of rotatable bonds is 6. The Morgan fingerprint density at radius 2 is 2.07 bits per heavy atom. The van der Waals surface area contributed by atoms with Crippen molar-refractivity contribution in [3.05, 3.63) is 22.7 Å². The number of hydrogen-bond donors (Lipinski definition) is 1. The van der Waals surface area contributed by atoms with Gasteiger partial charge in [-0.15, -0.1) is 11.8 Å². The van der Waals surface area contributed by atoms with Crippen LogP contribution >= 0.6 is 27.7 Å². The number of thioether (sulfide) groups is 1. The van der Waals surface area contributed by atoms with Gasteiger partial charge < -0.3 is 5.73 Å². The first-order chi connectivity index (χ1) is 7.24. The Kier molecular flexibility index (Phi) is 6.18. The Hall–Kier alpha value is -0.150. The molecule has 0 atom stereocenters. The molecule has 0 saturated heterocycles. The average Bonchev–Trinajstić information content (AvgIpc) is 2.20. The van der Waals surface area contributed by atoms with Crippen LogP contribution in [0.4, 0.5) is 5.69 Å². The molecule has 0 aromatic heterocycles. The molecule has 0 aliphatic heterocycles. The van der Waals surface area contributed by atoms with Crippen molar-refractivity contribution in [2.24, 2.45) is 0 Å². The van der Waals surface area contributed by atoms with E-state index < -0.39 is 0 Å². The molecule has 0 spiro atoms. The predicted molar refractivity (Wildman–Crippen MR) is 73.4 cm³/mol. The molecule has 15 heavy (non-hydrogen) atoms. The largest absolute Gasteiger partial charge is 0.398 e. The van der Waals surface area contributed by atoms with Crippen LogP contribution in [-0.2, 0) is 0 Å². The quantitative estimate of drug-likeness (QED) is 0.466. The van der Waals surface area contributed by atoms with E-state index in [1.54, 1.807) is 0 Å². The maximum atomic E-state index is 5.91. The zero-order chi connectivity index (χ0) is 11.1. The smallest absolute Gasteiger partial charge is 0.0463 e. The summed E-state index contributed by atoms with van der Waals surface area (Å²) in [5.41, 5.74) is 6.79. The van der Waals surface area contributed by atoms with Gasteiger partial charge in [-0.1, -0.05) is 42.1 Å². The van der Waals surface area contributed by atoms with E-state index in [0.29, 0.717) is 0 Å². The van der Waals surface area contributed by atoms with Crippen molar-refractivity contribution in [3.63, 3.8) is 0 Å². The standard InChI is InChI=1S/C12H18BrNS/c1-2-3-4-5-8-15-12-7-6-10(13)9-11(12)14/h6-7,9H,2-5,8,14H2,1H3. The zero-order valence-electron chi connectivity index (χ0n) is 9.13. The van der Waals surface area contributed by atoms with Crippen LogP contribution in [0.3, 0.4) is 0 Å². The van der Waals surface area contributed by atoms with Gasteiger partial charge in [-0.3, -0.25) is 0 Å². The van der Waals surface area contributed by atoms with Gasteiger partial charge >= 0.3 is 0 Å². The summed E-state index contributed by atoms with van der Waals surface area (Å²) in [5, 5.41) is 0. The molecule has 1 rings (SSSR count). The monoisotopic (exact) mass is 287 g/mol. The summed E-state index contributed by atoms with van der Waals surface area (Å²) in [7, 11) is 0. The third-order valence-corrected chi connectivity index (χ3v) is 3.90. The number of halogens is 1. The van der Waals surface area contributed by atoms with Crippen LogP contribution < -0.4 is 5.73 Å². The highest BCUT2D eigenvalue weighted by atomic mass is 79.9. The number of anilines is 1. The molecule has 0 bridgehead atoms. The second kappa shape index (κ2) is 7.18. The van der Waals surface area contributed by atoms with E-state index in [1.165, 1.54) is 36.3 Å². The average molecular weight is 288 g/mol. The molecule has 0 aliphatic carbocycles. The van der Waals surface area contributed by atoms with Gasteiger partial charge in [-0.25, -0.2) is 0 Å². The van der Waals surface area contributed by atoms with Gasteiger partial charge in [0.2, 0.25) is 0 Å². The van der Waals surface area contributed by atoms with Crippen molar-refractivity contribution in [1.82, 2.24) is 0 Å². The van der Waals surface area contributed by atoms with Crippen LogP contribution in [0.2, 0.25) is 0 Å². The summed E-state index contributed by atoms with van der Waals surface area (Å²) < 4.78 is 1.05. The highest BCUT2D eigenvalue weighted by Crippen LogP contribution is 2.28. The minimum Gasteiger partial charge on any atom is -0.398 e. The lowest BCUT2D eigenvalue weighted by molar-refractivity contribution is 0.706. The first-order valence-electron chi connectivity index (χ1n) is 5.42. The lowest BCUT2D eigenvalue weighted by Crippen LogP contribution is -1.89. The van der Waals surface area contributed by atoms with E-state index in [1.807, 2.05) is 23.9 Å². The van der Waals surface area contributed by atoms with E-state index in [0.717, 1.165) is 10.2 Å². The minimum atomic E-state index is 0.880. The summed E-state index contributed by atoms with van der Waals surface area (Å²) in [6.45, 7) is 2.24. The molecule has 0 amide bonds. The SMILES string of the molecule is CCCCCCSc1ccc(Br)cc1N. The second-order valence-corrected chi connectivity index (χ2v) is 5.64. The molecular weight excluding hydrogens is 270 g/mol. The summed E-state index contributed by atoms with van der Waals surface area (Å²) in [5.74, 6) is 1.17. The number of unbranched alkanes of at least 4 members (excludes halogenated alkanes) is 3. The zero-order valence-corrected chi connectivity index (χ0v) is 11.5. The fraction of sp³-hybridized carbons (Fsp3) is 0.500. The molecule has 1 aromatic carbocycles.